The van der Waals surface area contributed by atoms with E-state index in [0.717, 1.165) is 25.7 Å². The van der Waals surface area contributed by atoms with Crippen molar-refractivity contribution < 1.29 is 18.9 Å². The summed E-state index contributed by atoms with van der Waals surface area (Å²) >= 11 is 6.26. The molecule has 0 amide bonds. The number of aromatic nitrogens is 2. The molecule has 23 heavy (non-hydrogen) atoms. The van der Waals surface area contributed by atoms with E-state index >= 15 is 0 Å². The second-order valence-corrected chi connectivity index (χ2v) is 7.30. The molecule has 122 valence electrons. The number of nitrogens with zero attached hydrogens (tertiary/aromatic N) is 2. The van der Waals surface area contributed by atoms with Gasteiger partial charge in [0.15, 0.2) is 29.3 Å². The van der Waals surface area contributed by atoms with Crippen LogP contribution in [0.3, 0.4) is 0 Å². The van der Waals surface area contributed by atoms with Gasteiger partial charge in [0.05, 0.1) is 5.88 Å². The molecule has 4 bridgehead atoms. The van der Waals surface area contributed by atoms with Crippen LogP contribution in [0.1, 0.15) is 31.9 Å². The van der Waals surface area contributed by atoms with E-state index in [1.807, 2.05) is 0 Å². The van der Waals surface area contributed by atoms with E-state index < -0.39 is 29.3 Å². The van der Waals surface area contributed by atoms with Gasteiger partial charge in [-0.15, -0.1) is 11.6 Å². The smallest absolute Gasteiger partial charge is 0.302 e. The van der Waals surface area contributed by atoms with Crippen LogP contribution >= 0.6 is 11.6 Å². The molecule has 2 spiro atoms. The molecule has 7 rings (SSSR count). The number of rotatable bonds is 1. The number of hydrogen-bond donors (Lipinski definition) is 0. The lowest BCUT2D eigenvalue weighted by atomic mass is 10.1. The van der Waals surface area contributed by atoms with E-state index in [4.69, 9.17) is 30.5 Å². The third-order valence-corrected chi connectivity index (χ3v) is 6.36. The van der Waals surface area contributed by atoms with Crippen molar-refractivity contribution in [3.63, 3.8) is 0 Å². The Morgan fingerprint density at radius 3 is 2.96 bits per heavy atom. The van der Waals surface area contributed by atoms with Crippen LogP contribution in [0.4, 0.5) is 0 Å². The average Bonchev–Trinajstić information content (AvgIpc) is 2.90. The Morgan fingerprint density at radius 2 is 2.17 bits per heavy atom. The fourth-order valence-electron chi connectivity index (χ4n) is 4.92. The molecule has 4 fully saturated rings. The molecule has 1 aromatic heterocycles. The summed E-state index contributed by atoms with van der Waals surface area (Å²) in [6, 6.07) is 1.64. The minimum atomic E-state index is -0.729. The van der Waals surface area contributed by atoms with Crippen molar-refractivity contribution in [2.24, 2.45) is 0 Å². The molecule has 0 radical (unpaired) electrons. The maximum absolute atomic E-state index is 11.6. The van der Waals surface area contributed by atoms with E-state index in [-0.39, 0.29) is 23.6 Å². The van der Waals surface area contributed by atoms with Gasteiger partial charge in [-0.25, -0.2) is 0 Å². The molecule has 2 saturated heterocycles. The summed E-state index contributed by atoms with van der Waals surface area (Å²) in [5.74, 6) is -0.283. The number of ether oxygens (including phenoxy) is 4. The summed E-state index contributed by atoms with van der Waals surface area (Å²) in [6.45, 7) is 0. The summed E-state index contributed by atoms with van der Waals surface area (Å²) < 4.78 is 26.8. The minimum absolute atomic E-state index is 0.249. The molecule has 8 heteroatoms. The Hall–Kier alpha value is -1.15. The van der Waals surface area contributed by atoms with Crippen molar-refractivity contribution >= 4 is 11.6 Å². The van der Waals surface area contributed by atoms with Gasteiger partial charge in [-0.05, 0) is 12.8 Å². The maximum Gasteiger partial charge on any atom is 0.302 e. The molecule has 0 aromatic carbocycles. The van der Waals surface area contributed by atoms with Gasteiger partial charge in [-0.1, -0.05) is 0 Å². The molecule has 7 nitrogen and oxygen atoms in total. The Labute approximate surface area is 136 Å². The van der Waals surface area contributed by atoms with Gasteiger partial charge >= 0.3 is 6.01 Å². The van der Waals surface area contributed by atoms with Crippen LogP contribution in [0, 0.1) is 0 Å². The van der Waals surface area contributed by atoms with Gasteiger partial charge < -0.3 is 18.9 Å². The molecule has 2 saturated carbocycles. The van der Waals surface area contributed by atoms with E-state index in [1.165, 1.54) is 6.07 Å². The topological polar surface area (TPSA) is 71.8 Å². The predicted molar refractivity (Wildman–Crippen MR) is 76.4 cm³/mol. The van der Waals surface area contributed by atoms with Gasteiger partial charge in [-0.3, -0.25) is 9.36 Å². The SMILES string of the molecule is O=c1ccn2c(n1)OC1[C@@]3(CCl)O[C@@H]2[C@@H]2OC4(CCCC4)O[C@@]123. The zero-order chi connectivity index (χ0) is 15.4. The van der Waals surface area contributed by atoms with Gasteiger partial charge in [0.1, 0.15) is 6.10 Å². The van der Waals surface area contributed by atoms with Crippen LogP contribution in [0.25, 0.3) is 0 Å². The molecule has 1 unspecified atom stereocenters. The lowest BCUT2D eigenvalue weighted by Crippen LogP contribution is -2.32. The zero-order valence-electron chi connectivity index (χ0n) is 12.2. The third-order valence-electron chi connectivity index (χ3n) is 5.97. The molecule has 5 atom stereocenters. The fraction of sp³-hybridized carbons (Fsp3) is 0.733. The maximum atomic E-state index is 11.6. The Kier molecular flexibility index (Phi) is 2.14. The predicted octanol–water partition coefficient (Wildman–Crippen LogP) is 0.949. The van der Waals surface area contributed by atoms with Crippen LogP contribution in [-0.4, -0.2) is 44.6 Å². The van der Waals surface area contributed by atoms with Crippen LogP contribution in [0.5, 0.6) is 6.01 Å². The molecule has 4 aliphatic heterocycles. The summed E-state index contributed by atoms with van der Waals surface area (Å²) in [4.78, 5) is 15.5. The minimum Gasteiger partial charge on any atom is -0.455 e. The van der Waals surface area contributed by atoms with Crippen LogP contribution < -0.4 is 10.3 Å². The Balaban J connectivity index is 1.53. The number of hydrogen-bond acceptors (Lipinski definition) is 6. The van der Waals surface area contributed by atoms with Crippen molar-refractivity contribution in [3.8, 4) is 6.01 Å². The van der Waals surface area contributed by atoms with Crippen molar-refractivity contribution in [2.75, 3.05) is 5.88 Å². The lowest BCUT2D eigenvalue weighted by Gasteiger charge is -2.26. The van der Waals surface area contributed by atoms with E-state index in [1.54, 1.807) is 10.8 Å². The highest BCUT2D eigenvalue weighted by Crippen LogP contribution is 2.73. The molecule has 0 N–H and O–H groups in total. The third kappa shape index (κ3) is 1.25. The van der Waals surface area contributed by atoms with Gasteiger partial charge in [-0.2, -0.15) is 4.98 Å². The molecule has 1 aromatic rings. The van der Waals surface area contributed by atoms with Gasteiger partial charge in [0, 0.05) is 25.1 Å². The Morgan fingerprint density at radius 1 is 1.35 bits per heavy atom. The molecular weight excluding hydrogens is 324 g/mol. The van der Waals surface area contributed by atoms with Crippen LogP contribution in [0.2, 0.25) is 0 Å². The number of halogens is 1. The quantitative estimate of drug-likeness (QED) is 0.710. The second-order valence-electron chi connectivity index (χ2n) is 7.04. The summed E-state index contributed by atoms with van der Waals surface area (Å²) in [5, 5.41) is 0. The molecule has 6 aliphatic rings. The highest BCUT2D eigenvalue weighted by Gasteiger charge is 2.95. The van der Waals surface area contributed by atoms with E-state index in [0.29, 0.717) is 0 Å². The van der Waals surface area contributed by atoms with Crippen LogP contribution in [-0.2, 0) is 14.2 Å². The van der Waals surface area contributed by atoms with Crippen LogP contribution in [0.15, 0.2) is 17.1 Å². The largest absolute Gasteiger partial charge is 0.455 e. The standard InChI is InChI=1S/C15H15ClN2O5/c16-7-14-11-15(14)9(21-13(23-15)4-1-2-5-13)10(22-14)18-6-3-8(19)17-12(18)20-11/h3,6,9-11H,1-2,4-5,7H2/t9-,10+,11?,14+,15+/m0/s1. The van der Waals surface area contributed by atoms with Crippen molar-refractivity contribution in [1.82, 2.24) is 9.55 Å². The van der Waals surface area contributed by atoms with Crippen molar-refractivity contribution in [3.05, 3.63) is 22.6 Å². The van der Waals surface area contributed by atoms with Gasteiger partial charge in [0.25, 0.3) is 5.56 Å². The Bertz CT molecular complexity index is 777. The first-order chi connectivity index (χ1) is 11.1. The van der Waals surface area contributed by atoms with E-state index in [9.17, 15) is 4.79 Å². The lowest BCUT2D eigenvalue weighted by molar-refractivity contribution is -0.211. The second kappa shape index (κ2) is 3.74. The first-order valence-electron chi connectivity index (χ1n) is 8.02. The van der Waals surface area contributed by atoms with E-state index in [2.05, 4.69) is 4.98 Å². The first-order valence-corrected chi connectivity index (χ1v) is 8.55. The average molecular weight is 339 g/mol. The zero-order valence-corrected chi connectivity index (χ0v) is 13.0. The summed E-state index contributed by atoms with van der Waals surface area (Å²) in [7, 11) is 0. The first kappa shape index (κ1) is 13.2. The van der Waals surface area contributed by atoms with Crippen molar-refractivity contribution in [2.45, 2.75) is 61.1 Å². The van der Waals surface area contributed by atoms with Gasteiger partial charge in [0.2, 0.25) is 0 Å². The van der Waals surface area contributed by atoms with Crippen molar-refractivity contribution in [1.29, 1.82) is 0 Å². The highest BCUT2D eigenvalue weighted by atomic mass is 35.5. The number of alkyl halides is 1. The molecular formula is C15H15ClN2O5. The summed E-state index contributed by atoms with van der Waals surface area (Å²) in [5.41, 5.74) is -1.77. The normalized spacial score (nSPS) is 47.1. The molecule has 2 aliphatic carbocycles. The monoisotopic (exact) mass is 338 g/mol. The molecule has 5 heterocycles. The summed E-state index contributed by atoms with van der Waals surface area (Å²) in [6.07, 6.45) is 4.48. The highest BCUT2D eigenvalue weighted by molar-refractivity contribution is 6.19. The fourth-order valence-corrected chi connectivity index (χ4v) is 5.33.